The second-order valence-corrected chi connectivity index (χ2v) is 16.8. The molecular weight excluding hydrogens is 701 g/mol. The van der Waals surface area contributed by atoms with Gasteiger partial charge in [0.25, 0.3) is 0 Å². The summed E-state index contributed by atoms with van der Waals surface area (Å²) < 4.78 is 34.2. The van der Waals surface area contributed by atoms with E-state index in [0.29, 0.717) is 23.9 Å². The van der Waals surface area contributed by atoms with Crippen molar-refractivity contribution < 1.29 is 42.1 Å². The van der Waals surface area contributed by atoms with Crippen molar-refractivity contribution in [1.82, 2.24) is 0 Å². The lowest BCUT2D eigenvalue weighted by molar-refractivity contribution is -0.870. The zero-order valence-corrected chi connectivity index (χ0v) is 36.1. The Kier molecular flexibility index (Phi) is 35.2. The second-order valence-electron chi connectivity index (χ2n) is 15.4. The van der Waals surface area contributed by atoms with Gasteiger partial charge >= 0.3 is 19.8 Å². The van der Waals surface area contributed by atoms with Gasteiger partial charge in [-0.3, -0.25) is 18.6 Å². The number of ether oxygens (including phenoxy) is 2. The maximum atomic E-state index is 12.6. The van der Waals surface area contributed by atoms with Crippen LogP contribution in [0.3, 0.4) is 0 Å². The molecule has 0 radical (unpaired) electrons. The lowest BCUT2D eigenvalue weighted by Gasteiger charge is -2.24. The fraction of sp³-hybridized carbons (Fsp3) is 0.773. The summed E-state index contributed by atoms with van der Waals surface area (Å²) in [6.45, 7) is 4.32. The van der Waals surface area contributed by atoms with Crippen LogP contribution in [-0.2, 0) is 32.7 Å². The zero-order chi connectivity index (χ0) is 40.0. The van der Waals surface area contributed by atoms with Crippen LogP contribution >= 0.6 is 7.82 Å². The van der Waals surface area contributed by atoms with Crippen molar-refractivity contribution in [2.45, 2.75) is 174 Å². The number of carbonyl (C=O) groups excluding carboxylic acids is 2. The molecule has 0 aliphatic rings. The number of hydrogen-bond donors (Lipinski definition) is 1. The summed E-state index contributed by atoms with van der Waals surface area (Å²) in [6, 6.07) is 0. The highest BCUT2D eigenvalue weighted by Crippen LogP contribution is 2.43. The Morgan fingerprint density at radius 3 is 1.54 bits per heavy atom. The molecule has 0 aliphatic carbocycles. The van der Waals surface area contributed by atoms with Gasteiger partial charge in [0, 0.05) is 12.8 Å². The first-order valence-electron chi connectivity index (χ1n) is 21.4. The molecule has 0 heterocycles. The van der Waals surface area contributed by atoms with E-state index in [2.05, 4.69) is 56.4 Å². The number of hydrogen-bond acceptors (Lipinski definition) is 7. The van der Waals surface area contributed by atoms with Crippen molar-refractivity contribution in [2.75, 3.05) is 47.5 Å². The third kappa shape index (κ3) is 39.7. The van der Waals surface area contributed by atoms with E-state index in [-0.39, 0.29) is 32.0 Å². The van der Waals surface area contributed by atoms with Crippen molar-refractivity contribution >= 4 is 19.8 Å². The number of allylic oxidation sites excluding steroid dienone is 8. The van der Waals surface area contributed by atoms with Crippen LogP contribution in [0, 0.1) is 0 Å². The number of unbranched alkanes of at least 4 members (excludes halogenated alkanes) is 16. The van der Waals surface area contributed by atoms with E-state index in [4.69, 9.17) is 18.5 Å². The maximum Gasteiger partial charge on any atom is 0.472 e. The predicted molar refractivity (Wildman–Crippen MR) is 224 cm³/mol. The lowest BCUT2D eigenvalue weighted by Crippen LogP contribution is -2.37. The minimum atomic E-state index is -4.39. The third-order valence-corrected chi connectivity index (χ3v) is 9.85. The smallest absolute Gasteiger partial charge is 0.462 e. The zero-order valence-electron chi connectivity index (χ0n) is 35.2. The molecule has 0 aromatic heterocycles. The van der Waals surface area contributed by atoms with Gasteiger partial charge < -0.3 is 18.9 Å². The molecule has 54 heavy (non-hydrogen) atoms. The molecule has 314 valence electrons. The first kappa shape index (κ1) is 52.0. The van der Waals surface area contributed by atoms with E-state index in [0.717, 1.165) is 38.5 Å². The Morgan fingerprint density at radius 1 is 0.574 bits per heavy atom. The van der Waals surface area contributed by atoms with Gasteiger partial charge in [-0.2, -0.15) is 0 Å². The normalized spacial score (nSPS) is 14.1. The van der Waals surface area contributed by atoms with Crippen LogP contribution < -0.4 is 0 Å². The Hall–Kier alpha value is -2.03. The topological polar surface area (TPSA) is 108 Å². The van der Waals surface area contributed by atoms with Crippen LogP contribution in [0.15, 0.2) is 48.6 Å². The molecule has 0 aromatic carbocycles. The highest BCUT2D eigenvalue weighted by molar-refractivity contribution is 7.47. The molecular formula is C44H81NO8P+. The van der Waals surface area contributed by atoms with Crippen molar-refractivity contribution in [3.05, 3.63) is 48.6 Å². The number of phosphoric ester groups is 1. The number of esters is 2. The van der Waals surface area contributed by atoms with E-state index >= 15 is 0 Å². The molecule has 2 atom stereocenters. The van der Waals surface area contributed by atoms with E-state index in [1.54, 1.807) is 0 Å². The average Bonchev–Trinajstić information content (AvgIpc) is 3.12. The van der Waals surface area contributed by atoms with Crippen LogP contribution in [0.5, 0.6) is 0 Å². The molecule has 0 bridgehead atoms. The van der Waals surface area contributed by atoms with Crippen LogP contribution in [0.2, 0.25) is 0 Å². The van der Waals surface area contributed by atoms with E-state index in [1.807, 2.05) is 27.2 Å². The Labute approximate surface area is 331 Å². The number of carbonyl (C=O) groups is 2. The first-order chi connectivity index (χ1) is 26.0. The average molecular weight is 783 g/mol. The molecule has 0 spiro atoms. The fourth-order valence-electron chi connectivity index (χ4n) is 5.48. The minimum Gasteiger partial charge on any atom is -0.462 e. The quantitative estimate of drug-likeness (QED) is 0.0217. The van der Waals surface area contributed by atoms with Gasteiger partial charge in [0.1, 0.15) is 19.8 Å². The lowest BCUT2D eigenvalue weighted by atomic mass is 10.0. The molecule has 0 saturated carbocycles. The highest BCUT2D eigenvalue weighted by Gasteiger charge is 2.27. The van der Waals surface area contributed by atoms with Crippen LogP contribution in [0.1, 0.15) is 168 Å². The number of quaternary nitrogens is 1. The molecule has 0 saturated heterocycles. The number of phosphoric acid groups is 1. The van der Waals surface area contributed by atoms with Crippen LogP contribution in [-0.4, -0.2) is 74.9 Å². The summed E-state index contributed by atoms with van der Waals surface area (Å²) in [5.74, 6) is -0.864. The molecule has 2 unspecified atom stereocenters. The SMILES string of the molecule is CCCCC/C=C\C/C=C\C/C=C\C/C=C\CCCC(=O)OC(COC(=O)CCCCCCCCCCCCCCC)COP(=O)(O)OCC[N+](C)(C)C. The van der Waals surface area contributed by atoms with Gasteiger partial charge in [-0.15, -0.1) is 0 Å². The summed E-state index contributed by atoms with van der Waals surface area (Å²) in [6.07, 6.45) is 41.6. The molecule has 0 aromatic rings. The second kappa shape index (κ2) is 36.6. The van der Waals surface area contributed by atoms with Gasteiger partial charge in [0.05, 0.1) is 27.7 Å². The van der Waals surface area contributed by atoms with E-state index in [9.17, 15) is 19.0 Å². The predicted octanol–water partition coefficient (Wildman–Crippen LogP) is 11.9. The summed E-state index contributed by atoms with van der Waals surface area (Å²) in [4.78, 5) is 35.3. The number of likely N-dealkylation sites (N-methyl/N-ethyl adjacent to an activating group) is 1. The van der Waals surface area contributed by atoms with Gasteiger partial charge in [-0.05, 0) is 51.4 Å². The molecule has 9 nitrogen and oxygen atoms in total. The standard InChI is InChI=1S/C44H80NO8P/c1-6-8-10-12-14-16-18-20-21-22-23-25-27-29-31-33-35-37-44(47)53-42(41-52-54(48,49)51-39-38-45(3,4)5)40-50-43(46)36-34-32-30-28-26-24-19-17-15-13-11-9-7-2/h14,16,20-21,23,25,29,31,42H,6-13,15,17-19,22,24,26-28,30,32-41H2,1-5H3/p+1/b16-14-,21-20-,25-23-,31-29-. The first-order valence-corrected chi connectivity index (χ1v) is 22.9. The third-order valence-electron chi connectivity index (χ3n) is 8.86. The fourth-order valence-corrected chi connectivity index (χ4v) is 6.22. The summed E-state index contributed by atoms with van der Waals surface area (Å²) in [7, 11) is 1.44. The van der Waals surface area contributed by atoms with Crippen LogP contribution in [0.25, 0.3) is 0 Å². The molecule has 0 amide bonds. The number of rotatable bonds is 38. The van der Waals surface area contributed by atoms with Gasteiger partial charge in [-0.25, -0.2) is 4.57 Å². The molecule has 0 fully saturated rings. The molecule has 10 heteroatoms. The van der Waals surface area contributed by atoms with Gasteiger partial charge in [0.2, 0.25) is 0 Å². The number of nitrogens with zero attached hydrogens (tertiary/aromatic N) is 1. The summed E-state index contributed by atoms with van der Waals surface area (Å²) in [5.41, 5.74) is 0. The largest absolute Gasteiger partial charge is 0.472 e. The van der Waals surface area contributed by atoms with Crippen molar-refractivity contribution in [3.63, 3.8) is 0 Å². The van der Waals surface area contributed by atoms with Crippen molar-refractivity contribution in [2.24, 2.45) is 0 Å². The maximum absolute atomic E-state index is 12.6. The monoisotopic (exact) mass is 783 g/mol. The van der Waals surface area contributed by atoms with Gasteiger partial charge in [0.15, 0.2) is 6.10 Å². The van der Waals surface area contributed by atoms with Crippen molar-refractivity contribution in [3.8, 4) is 0 Å². The molecule has 0 rings (SSSR count). The molecule has 1 N–H and O–H groups in total. The van der Waals surface area contributed by atoms with Crippen molar-refractivity contribution in [1.29, 1.82) is 0 Å². The summed E-state index contributed by atoms with van der Waals surface area (Å²) in [5, 5.41) is 0. The molecule has 0 aliphatic heterocycles. The minimum absolute atomic E-state index is 0.0212. The summed E-state index contributed by atoms with van der Waals surface area (Å²) >= 11 is 0. The van der Waals surface area contributed by atoms with Gasteiger partial charge in [-0.1, -0.05) is 152 Å². The Bertz CT molecular complexity index is 1070. The van der Waals surface area contributed by atoms with E-state index in [1.165, 1.54) is 89.9 Å². The highest BCUT2D eigenvalue weighted by atomic mass is 31.2. The van der Waals surface area contributed by atoms with E-state index < -0.39 is 26.5 Å². The Morgan fingerprint density at radius 2 is 1.02 bits per heavy atom. The van der Waals surface area contributed by atoms with Crippen LogP contribution in [0.4, 0.5) is 0 Å². The Balaban J connectivity index is 4.49.